The lowest BCUT2D eigenvalue weighted by Gasteiger charge is -2.33. The number of benzene rings is 1. The molecule has 1 fully saturated rings. The molecular formula is C20H23N5O. The predicted molar refractivity (Wildman–Crippen MR) is 98.4 cm³/mol. The monoisotopic (exact) mass is 349 g/mol. The van der Waals surface area contributed by atoms with Gasteiger partial charge in [-0.1, -0.05) is 12.1 Å². The Kier molecular flexibility index (Phi) is 3.85. The first-order valence-electron chi connectivity index (χ1n) is 9.40. The third kappa shape index (κ3) is 2.84. The van der Waals surface area contributed by atoms with E-state index in [4.69, 9.17) is 4.74 Å². The van der Waals surface area contributed by atoms with E-state index in [0.717, 1.165) is 44.1 Å². The Balaban J connectivity index is 1.37. The van der Waals surface area contributed by atoms with Crippen molar-refractivity contribution in [3.05, 3.63) is 53.1 Å². The van der Waals surface area contributed by atoms with E-state index in [0.29, 0.717) is 11.7 Å². The van der Waals surface area contributed by atoms with Crippen molar-refractivity contribution < 1.29 is 4.74 Å². The molecule has 1 unspecified atom stereocenters. The van der Waals surface area contributed by atoms with Crippen molar-refractivity contribution in [1.82, 2.24) is 24.5 Å². The van der Waals surface area contributed by atoms with E-state index in [2.05, 4.69) is 44.2 Å². The summed E-state index contributed by atoms with van der Waals surface area (Å²) in [5.74, 6) is 2.23. The molecular weight excluding hydrogens is 326 g/mol. The summed E-state index contributed by atoms with van der Waals surface area (Å²) in [7, 11) is 0. The molecule has 1 saturated heterocycles. The van der Waals surface area contributed by atoms with Gasteiger partial charge in [-0.25, -0.2) is 9.50 Å². The summed E-state index contributed by atoms with van der Waals surface area (Å²) < 4.78 is 7.63. The van der Waals surface area contributed by atoms with Crippen LogP contribution in [0.3, 0.4) is 0 Å². The van der Waals surface area contributed by atoms with Crippen LogP contribution in [0.15, 0.2) is 30.6 Å². The van der Waals surface area contributed by atoms with Crippen molar-refractivity contribution in [2.75, 3.05) is 19.7 Å². The SMILES string of the molecule is Cc1cc(C2CCCN(Cc3ccc4c(c3)OCC4)C2)n2ncnc2n1. The zero-order chi connectivity index (χ0) is 17.5. The predicted octanol–water partition coefficient (Wildman–Crippen LogP) is 2.75. The Morgan fingerprint density at radius 2 is 2.23 bits per heavy atom. The first kappa shape index (κ1) is 15.8. The highest BCUT2D eigenvalue weighted by atomic mass is 16.5. The molecule has 0 radical (unpaired) electrons. The molecule has 0 N–H and O–H groups in total. The maximum Gasteiger partial charge on any atom is 0.252 e. The van der Waals surface area contributed by atoms with Crippen LogP contribution in [-0.2, 0) is 13.0 Å². The maximum absolute atomic E-state index is 5.73. The average molecular weight is 349 g/mol. The van der Waals surface area contributed by atoms with Crippen molar-refractivity contribution in [3.8, 4) is 5.75 Å². The van der Waals surface area contributed by atoms with Gasteiger partial charge in [-0.05, 0) is 49.6 Å². The molecule has 2 aliphatic heterocycles. The van der Waals surface area contributed by atoms with Gasteiger partial charge in [-0.3, -0.25) is 4.90 Å². The van der Waals surface area contributed by atoms with Crippen LogP contribution in [0, 0.1) is 6.92 Å². The van der Waals surface area contributed by atoms with Gasteiger partial charge < -0.3 is 4.74 Å². The molecule has 1 atom stereocenters. The Bertz CT molecular complexity index is 951. The maximum atomic E-state index is 5.73. The fourth-order valence-electron chi connectivity index (χ4n) is 4.26. The minimum absolute atomic E-state index is 0.459. The van der Waals surface area contributed by atoms with Gasteiger partial charge in [0.05, 0.1) is 12.3 Å². The molecule has 0 spiro atoms. The number of likely N-dealkylation sites (tertiary alicyclic amines) is 1. The highest BCUT2D eigenvalue weighted by Gasteiger charge is 2.25. The summed E-state index contributed by atoms with van der Waals surface area (Å²) in [5, 5.41) is 4.39. The first-order chi connectivity index (χ1) is 12.8. The number of aromatic nitrogens is 4. The van der Waals surface area contributed by atoms with Gasteiger partial charge in [0, 0.05) is 31.1 Å². The largest absolute Gasteiger partial charge is 0.493 e. The van der Waals surface area contributed by atoms with Crippen LogP contribution in [0.1, 0.15) is 41.3 Å². The summed E-state index contributed by atoms with van der Waals surface area (Å²) >= 11 is 0. The highest BCUT2D eigenvalue weighted by Crippen LogP contribution is 2.30. The summed E-state index contributed by atoms with van der Waals surface area (Å²) in [5.41, 5.74) is 4.91. The Morgan fingerprint density at radius 3 is 3.19 bits per heavy atom. The molecule has 0 bridgehead atoms. The molecule has 26 heavy (non-hydrogen) atoms. The van der Waals surface area contributed by atoms with Gasteiger partial charge in [0.25, 0.3) is 5.78 Å². The van der Waals surface area contributed by atoms with Crippen molar-refractivity contribution in [2.45, 2.75) is 38.6 Å². The summed E-state index contributed by atoms with van der Waals surface area (Å²) in [6.07, 6.45) is 5.01. The molecule has 6 nitrogen and oxygen atoms in total. The second kappa shape index (κ2) is 6.36. The van der Waals surface area contributed by atoms with Gasteiger partial charge in [0.2, 0.25) is 0 Å². The quantitative estimate of drug-likeness (QED) is 0.728. The van der Waals surface area contributed by atoms with E-state index in [1.54, 1.807) is 6.33 Å². The first-order valence-corrected chi connectivity index (χ1v) is 9.40. The van der Waals surface area contributed by atoms with E-state index in [-0.39, 0.29) is 0 Å². The number of hydrogen-bond acceptors (Lipinski definition) is 5. The third-order valence-corrected chi connectivity index (χ3v) is 5.50. The van der Waals surface area contributed by atoms with Crippen molar-refractivity contribution in [1.29, 1.82) is 0 Å². The van der Waals surface area contributed by atoms with E-state index >= 15 is 0 Å². The van der Waals surface area contributed by atoms with E-state index in [1.807, 2.05) is 11.4 Å². The summed E-state index contributed by atoms with van der Waals surface area (Å²) in [6.45, 7) is 6.00. The van der Waals surface area contributed by atoms with Crippen LogP contribution < -0.4 is 4.74 Å². The van der Waals surface area contributed by atoms with Crippen molar-refractivity contribution in [2.24, 2.45) is 0 Å². The Morgan fingerprint density at radius 1 is 1.27 bits per heavy atom. The Hall–Kier alpha value is -2.47. The topological polar surface area (TPSA) is 55.6 Å². The van der Waals surface area contributed by atoms with Crippen LogP contribution in [0.2, 0.25) is 0 Å². The average Bonchev–Trinajstić information content (AvgIpc) is 3.29. The molecule has 3 aromatic rings. The number of rotatable bonds is 3. The Labute approximate surface area is 152 Å². The van der Waals surface area contributed by atoms with Crippen LogP contribution in [-0.4, -0.2) is 44.2 Å². The number of hydrogen-bond donors (Lipinski definition) is 0. The standard InChI is InChI=1S/C20H23N5O/c1-14-9-18(25-20(23-14)21-13-22-25)17-3-2-7-24(12-17)11-15-4-5-16-6-8-26-19(16)10-15/h4-5,9-10,13,17H,2-3,6-8,11-12H2,1H3. The smallest absolute Gasteiger partial charge is 0.252 e. The van der Waals surface area contributed by atoms with Crippen LogP contribution >= 0.6 is 0 Å². The van der Waals surface area contributed by atoms with E-state index < -0.39 is 0 Å². The minimum atomic E-state index is 0.459. The third-order valence-electron chi connectivity index (χ3n) is 5.50. The molecule has 5 rings (SSSR count). The number of nitrogens with zero attached hydrogens (tertiary/aromatic N) is 5. The summed E-state index contributed by atoms with van der Waals surface area (Å²) in [6, 6.07) is 8.87. The van der Waals surface area contributed by atoms with Gasteiger partial charge in [-0.15, -0.1) is 0 Å². The van der Waals surface area contributed by atoms with Crippen molar-refractivity contribution in [3.63, 3.8) is 0 Å². The lowest BCUT2D eigenvalue weighted by atomic mass is 9.93. The van der Waals surface area contributed by atoms with E-state index in [1.165, 1.54) is 29.7 Å². The lowest BCUT2D eigenvalue weighted by molar-refractivity contribution is 0.197. The molecule has 0 amide bonds. The lowest BCUT2D eigenvalue weighted by Crippen LogP contribution is -2.34. The highest BCUT2D eigenvalue weighted by molar-refractivity contribution is 5.40. The second-order valence-electron chi connectivity index (χ2n) is 7.41. The fourth-order valence-corrected chi connectivity index (χ4v) is 4.26. The van der Waals surface area contributed by atoms with Crippen LogP contribution in [0.25, 0.3) is 5.78 Å². The van der Waals surface area contributed by atoms with Gasteiger partial charge in [-0.2, -0.15) is 10.1 Å². The van der Waals surface area contributed by atoms with Gasteiger partial charge in [0.1, 0.15) is 12.1 Å². The van der Waals surface area contributed by atoms with Crippen LogP contribution in [0.4, 0.5) is 0 Å². The zero-order valence-electron chi connectivity index (χ0n) is 15.1. The van der Waals surface area contributed by atoms with E-state index in [9.17, 15) is 0 Å². The minimum Gasteiger partial charge on any atom is -0.493 e. The molecule has 6 heteroatoms. The number of aryl methyl sites for hydroxylation is 1. The summed E-state index contributed by atoms with van der Waals surface area (Å²) in [4.78, 5) is 11.3. The molecule has 2 aliphatic rings. The number of ether oxygens (including phenoxy) is 1. The molecule has 4 heterocycles. The normalized spacial score (nSPS) is 20.3. The molecule has 2 aromatic heterocycles. The van der Waals surface area contributed by atoms with Gasteiger partial charge >= 0.3 is 0 Å². The van der Waals surface area contributed by atoms with Crippen molar-refractivity contribution >= 4 is 5.78 Å². The number of fused-ring (bicyclic) bond motifs is 2. The zero-order valence-corrected chi connectivity index (χ0v) is 15.1. The molecule has 134 valence electrons. The molecule has 0 saturated carbocycles. The number of piperidine rings is 1. The fraction of sp³-hybridized carbons (Fsp3) is 0.450. The molecule has 1 aromatic carbocycles. The molecule has 0 aliphatic carbocycles. The van der Waals surface area contributed by atoms with Crippen LogP contribution in [0.5, 0.6) is 5.75 Å². The van der Waals surface area contributed by atoms with Gasteiger partial charge in [0.15, 0.2) is 0 Å². The second-order valence-corrected chi connectivity index (χ2v) is 7.41.